The van der Waals surface area contributed by atoms with E-state index in [4.69, 9.17) is 0 Å². The molecule has 56 valence electrons. The van der Waals surface area contributed by atoms with Crippen molar-refractivity contribution in [3.05, 3.63) is 36.5 Å². The molecular formula is C10H16. The Balaban J connectivity index is 3.37. The lowest BCUT2D eigenvalue weighted by atomic mass is 10.3. The lowest BCUT2D eigenvalue weighted by Gasteiger charge is -1.74. The molecule has 0 fully saturated rings. The van der Waals surface area contributed by atoms with Gasteiger partial charge in [0.05, 0.1) is 0 Å². The molecule has 0 heterocycles. The summed E-state index contributed by atoms with van der Waals surface area (Å²) in [5.41, 5.74) is 0. The first-order valence-corrected chi connectivity index (χ1v) is 3.90. The van der Waals surface area contributed by atoms with E-state index < -0.39 is 0 Å². The number of allylic oxidation sites excluding steroid dienone is 6. The molecule has 0 rings (SSSR count). The minimum absolute atomic E-state index is 1.11. The first-order valence-electron chi connectivity index (χ1n) is 3.90. The van der Waals surface area contributed by atoms with Crippen LogP contribution in [0.2, 0.25) is 0 Å². The van der Waals surface area contributed by atoms with Crippen LogP contribution in [0, 0.1) is 0 Å². The van der Waals surface area contributed by atoms with Crippen LogP contribution in [0.5, 0.6) is 0 Å². The van der Waals surface area contributed by atoms with Crippen LogP contribution in [0.25, 0.3) is 0 Å². The van der Waals surface area contributed by atoms with E-state index in [0.717, 1.165) is 12.8 Å². The molecule has 0 aliphatic carbocycles. The van der Waals surface area contributed by atoms with Crippen LogP contribution in [-0.2, 0) is 0 Å². The second kappa shape index (κ2) is 8.22. The summed E-state index contributed by atoms with van der Waals surface area (Å²) in [4.78, 5) is 0. The predicted molar refractivity (Wildman–Crippen MR) is 48.0 cm³/mol. The Morgan fingerprint density at radius 1 is 0.700 bits per heavy atom. The van der Waals surface area contributed by atoms with E-state index in [0.29, 0.717) is 0 Å². The zero-order valence-electron chi connectivity index (χ0n) is 6.88. The summed E-state index contributed by atoms with van der Waals surface area (Å²) in [5, 5.41) is 0. The van der Waals surface area contributed by atoms with Gasteiger partial charge in [-0.3, -0.25) is 0 Å². The Hall–Kier alpha value is -0.780. The van der Waals surface area contributed by atoms with Gasteiger partial charge in [-0.05, 0) is 12.8 Å². The molecule has 0 aliphatic heterocycles. The third kappa shape index (κ3) is 7.22. The van der Waals surface area contributed by atoms with Gasteiger partial charge in [-0.2, -0.15) is 0 Å². The first-order chi connectivity index (χ1) is 4.91. The molecule has 0 saturated heterocycles. The summed E-state index contributed by atoms with van der Waals surface area (Å²) in [7, 11) is 0. The third-order valence-electron chi connectivity index (χ3n) is 1.08. The van der Waals surface area contributed by atoms with Crippen molar-refractivity contribution in [2.45, 2.75) is 26.7 Å². The van der Waals surface area contributed by atoms with Gasteiger partial charge in [0, 0.05) is 0 Å². The highest BCUT2D eigenvalue weighted by atomic mass is 13.7. The van der Waals surface area contributed by atoms with Crippen molar-refractivity contribution in [1.29, 1.82) is 0 Å². The topological polar surface area (TPSA) is 0 Å². The maximum atomic E-state index is 2.14. The summed E-state index contributed by atoms with van der Waals surface area (Å²) in [6, 6.07) is 0. The quantitative estimate of drug-likeness (QED) is 0.519. The van der Waals surface area contributed by atoms with Crippen LogP contribution < -0.4 is 0 Å². The smallest absolute Gasteiger partial charge is 0.0376 e. The van der Waals surface area contributed by atoms with E-state index in [-0.39, 0.29) is 0 Å². The lowest BCUT2D eigenvalue weighted by Crippen LogP contribution is -1.53. The molecule has 0 aliphatic rings. The van der Waals surface area contributed by atoms with Crippen LogP contribution in [-0.4, -0.2) is 0 Å². The van der Waals surface area contributed by atoms with Crippen LogP contribution in [0.4, 0.5) is 0 Å². The van der Waals surface area contributed by atoms with Crippen molar-refractivity contribution in [2.24, 2.45) is 0 Å². The fraction of sp³-hybridized carbons (Fsp3) is 0.400. The largest absolute Gasteiger partial charge is 0.0848 e. The maximum absolute atomic E-state index is 2.14. The molecule has 0 N–H and O–H groups in total. The first kappa shape index (κ1) is 9.22. The highest BCUT2D eigenvalue weighted by Gasteiger charge is 1.62. The lowest BCUT2D eigenvalue weighted by molar-refractivity contribution is 1.22. The average Bonchev–Trinajstić information content (AvgIpc) is 1.97. The SMILES string of the molecule is CCC=CC=C/C=C/CC. The fourth-order valence-electron chi connectivity index (χ4n) is 0.558. The van der Waals surface area contributed by atoms with Crippen molar-refractivity contribution in [3.8, 4) is 0 Å². The summed E-state index contributed by atoms with van der Waals surface area (Å²) in [6.45, 7) is 4.26. The fourth-order valence-corrected chi connectivity index (χ4v) is 0.558. The van der Waals surface area contributed by atoms with E-state index >= 15 is 0 Å². The molecule has 0 aromatic rings. The standard InChI is InChI=1S/C10H16/c1-3-5-7-9-10-8-6-4-2/h5-10H,3-4H2,1-2H3/b7-5+,8-6?,10-9?. The van der Waals surface area contributed by atoms with Gasteiger partial charge in [-0.25, -0.2) is 0 Å². The Bertz CT molecular complexity index is 111. The Kier molecular flexibility index (Phi) is 7.58. The van der Waals surface area contributed by atoms with E-state index in [1.54, 1.807) is 0 Å². The maximum Gasteiger partial charge on any atom is -0.0376 e. The monoisotopic (exact) mass is 136 g/mol. The van der Waals surface area contributed by atoms with Gasteiger partial charge in [0.1, 0.15) is 0 Å². The van der Waals surface area contributed by atoms with Gasteiger partial charge in [-0.1, -0.05) is 50.3 Å². The molecule has 0 spiro atoms. The summed E-state index contributed by atoms with van der Waals surface area (Å²) < 4.78 is 0. The van der Waals surface area contributed by atoms with Gasteiger partial charge in [0.25, 0.3) is 0 Å². The van der Waals surface area contributed by atoms with Gasteiger partial charge in [0.2, 0.25) is 0 Å². The van der Waals surface area contributed by atoms with Crippen molar-refractivity contribution in [1.82, 2.24) is 0 Å². The Morgan fingerprint density at radius 3 is 1.40 bits per heavy atom. The molecule has 0 nitrogen and oxygen atoms in total. The molecular weight excluding hydrogens is 120 g/mol. The normalized spacial score (nSPS) is 12.6. The van der Waals surface area contributed by atoms with E-state index in [9.17, 15) is 0 Å². The molecule has 0 aromatic heterocycles. The molecule has 0 amide bonds. The van der Waals surface area contributed by atoms with Gasteiger partial charge < -0.3 is 0 Å². The molecule has 0 bridgehead atoms. The van der Waals surface area contributed by atoms with Crippen molar-refractivity contribution < 1.29 is 0 Å². The molecule has 0 aromatic carbocycles. The van der Waals surface area contributed by atoms with Crippen molar-refractivity contribution in [2.75, 3.05) is 0 Å². The van der Waals surface area contributed by atoms with Crippen LogP contribution in [0.3, 0.4) is 0 Å². The second-order valence-corrected chi connectivity index (χ2v) is 2.06. The average molecular weight is 136 g/mol. The molecule has 0 saturated carbocycles. The third-order valence-corrected chi connectivity index (χ3v) is 1.08. The minimum atomic E-state index is 1.11. The van der Waals surface area contributed by atoms with Gasteiger partial charge in [0.15, 0.2) is 0 Å². The predicted octanol–water partition coefficient (Wildman–Crippen LogP) is 3.48. The summed E-state index contributed by atoms with van der Waals surface area (Å²) >= 11 is 0. The molecule has 0 heteroatoms. The van der Waals surface area contributed by atoms with E-state index in [1.807, 2.05) is 0 Å². The molecule has 10 heavy (non-hydrogen) atoms. The second-order valence-electron chi connectivity index (χ2n) is 2.06. The zero-order chi connectivity index (χ0) is 7.66. The Morgan fingerprint density at radius 2 is 1.10 bits per heavy atom. The zero-order valence-corrected chi connectivity index (χ0v) is 6.88. The highest BCUT2D eigenvalue weighted by Crippen LogP contribution is 1.84. The van der Waals surface area contributed by atoms with E-state index in [2.05, 4.69) is 50.3 Å². The number of rotatable bonds is 4. The highest BCUT2D eigenvalue weighted by molar-refractivity contribution is 5.10. The number of hydrogen-bond acceptors (Lipinski definition) is 0. The molecule has 0 unspecified atom stereocenters. The van der Waals surface area contributed by atoms with Crippen molar-refractivity contribution >= 4 is 0 Å². The molecule has 0 atom stereocenters. The number of hydrogen-bond donors (Lipinski definition) is 0. The summed E-state index contributed by atoms with van der Waals surface area (Å²) in [6.07, 6.45) is 14.7. The minimum Gasteiger partial charge on any atom is -0.0848 e. The summed E-state index contributed by atoms with van der Waals surface area (Å²) in [5.74, 6) is 0. The van der Waals surface area contributed by atoms with Crippen LogP contribution in [0.1, 0.15) is 26.7 Å². The van der Waals surface area contributed by atoms with Crippen molar-refractivity contribution in [3.63, 3.8) is 0 Å². The van der Waals surface area contributed by atoms with Gasteiger partial charge in [-0.15, -0.1) is 0 Å². The Labute approximate surface area is 64.0 Å². The van der Waals surface area contributed by atoms with Gasteiger partial charge >= 0.3 is 0 Å². The van der Waals surface area contributed by atoms with Crippen LogP contribution >= 0.6 is 0 Å². The molecule has 0 radical (unpaired) electrons. The van der Waals surface area contributed by atoms with E-state index in [1.165, 1.54) is 0 Å². The van der Waals surface area contributed by atoms with Crippen LogP contribution in [0.15, 0.2) is 36.5 Å².